The Bertz CT molecular complexity index is 848. The van der Waals surface area contributed by atoms with E-state index in [0.717, 1.165) is 36.2 Å². The summed E-state index contributed by atoms with van der Waals surface area (Å²) in [7, 11) is 5.67. The van der Waals surface area contributed by atoms with E-state index in [1.165, 1.54) is 0 Å². The number of benzene rings is 2. The SMILES string of the molecule is CNC(=O)N1CCCC(c2cccc(C(=O)NCc3ccc(N(C)C)cc3)c2)C1. The zero-order chi connectivity index (χ0) is 20.8. The fourth-order valence-electron chi connectivity index (χ4n) is 3.72. The number of amides is 3. The normalized spacial score (nSPS) is 16.2. The van der Waals surface area contributed by atoms with Crippen LogP contribution in [0.1, 0.15) is 40.2 Å². The van der Waals surface area contributed by atoms with E-state index >= 15 is 0 Å². The molecule has 0 radical (unpaired) electrons. The lowest BCUT2D eigenvalue weighted by molar-refractivity contribution is 0.0950. The Hall–Kier alpha value is -3.02. The first-order valence-corrected chi connectivity index (χ1v) is 10.1. The van der Waals surface area contributed by atoms with Crippen molar-refractivity contribution in [1.82, 2.24) is 15.5 Å². The zero-order valence-corrected chi connectivity index (χ0v) is 17.4. The zero-order valence-electron chi connectivity index (χ0n) is 17.4. The lowest BCUT2D eigenvalue weighted by Crippen LogP contribution is -2.43. The van der Waals surface area contributed by atoms with Gasteiger partial charge >= 0.3 is 6.03 Å². The number of urea groups is 1. The molecule has 1 heterocycles. The van der Waals surface area contributed by atoms with Crippen LogP contribution >= 0.6 is 0 Å². The van der Waals surface area contributed by atoms with Crippen LogP contribution in [0.15, 0.2) is 48.5 Å². The second-order valence-electron chi connectivity index (χ2n) is 7.71. The van der Waals surface area contributed by atoms with Crippen molar-refractivity contribution < 1.29 is 9.59 Å². The molecule has 2 aromatic carbocycles. The minimum Gasteiger partial charge on any atom is -0.378 e. The van der Waals surface area contributed by atoms with Gasteiger partial charge in [-0.3, -0.25) is 4.79 Å². The van der Waals surface area contributed by atoms with Crippen molar-refractivity contribution in [1.29, 1.82) is 0 Å². The number of nitrogens with one attached hydrogen (secondary N) is 2. The number of carbonyl (C=O) groups excluding carboxylic acids is 2. The van der Waals surface area contributed by atoms with Gasteiger partial charge in [-0.15, -0.1) is 0 Å². The van der Waals surface area contributed by atoms with E-state index < -0.39 is 0 Å². The van der Waals surface area contributed by atoms with E-state index in [4.69, 9.17) is 0 Å². The van der Waals surface area contributed by atoms with E-state index in [1.807, 2.05) is 66.4 Å². The number of piperidine rings is 1. The van der Waals surface area contributed by atoms with E-state index in [2.05, 4.69) is 16.7 Å². The second kappa shape index (κ2) is 9.45. The Morgan fingerprint density at radius 1 is 1.14 bits per heavy atom. The molecular formula is C23H30N4O2. The highest BCUT2D eigenvalue weighted by molar-refractivity contribution is 5.94. The van der Waals surface area contributed by atoms with Gasteiger partial charge in [0.05, 0.1) is 0 Å². The maximum absolute atomic E-state index is 12.7. The molecule has 1 aliphatic heterocycles. The van der Waals surface area contributed by atoms with Gasteiger partial charge in [0.15, 0.2) is 0 Å². The summed E-state index contributed by atoms with van der Waals surface area (Å²) < 4.78 is 0. The Morgan fingerprint density at radius 3 is 2.59 bits per heavy atom. The van der Waals surface area contributed by atoms with E-state index in [1.54, 1.807) is 7.05 Å². The molecule has 0 saturated carbocycles. The monoisotopic (exact) mass is 394 g/mol. The predicted octanol–water partition coefficient (Wildman–Crippen LogP) is 3.20. The van der Waals surface area contributed by atoms with Crippen molar-refractivity contribution in [3.63, 3.8) is 0 Å². The van der Waals surface area contributed by atoms with Crippen molar-refractivity contribution in [3.05, 3.63) is 65.2 Å². The van der Waals surface area contributed by atoms with E-state index in [0.29, 0.717) is 18.7 Å². The second-order valence-corrected chi connectivity index (χ2v) is 7.71. The highest BCUT2D eigenvalue weighted by Gasteiger charge is 2.24. The topological polar surface area (TPSA) is 64.7 Å². The molecule has 3 rings (SSSR count). The molecule has 0 bridgehead atoms. The maximum Gasteiger partial charge on any atom is 0.317 e. The van der Waals surface area contributed by atoms with Crippen molar-refractivity contribution in [2.75, 3.05) is 39.1 Å². The molecular weight excluding hydrogens is 364 g/mol. The first-order chi connectivity index (χ1) is 14.0. The first kappa shape index (κ1) is 20.7. The van der Waals surface area contributed by atoms with Crippen molar-refractivity contribution in [2.45, 2.75) is 25.3 Å². The number of likely N-dealkylation sites (tertiary alicyclic amines) is 1. The fourth-order valence-corrected chi connectivity index (χ4v) is 3.72. The highest BCUT2D eigenvalue weighted by atomic mass is 16.2. The summed E-state index contributed by atoms with van der Waals surface area (Å²) in [5.74, 6) is 0.176. The third-order valence-corrected chi connectivity index (χ3v) is 5.45. The molecule has 1 fully saturated rings. The Balaban J connectivity index is 1.62. The number of anilines is 1. The third kappa shape index (κ3) is 5.28. The largest absolute Gasteiger partial charge is 0.378 e. The average Bonchev–Trinajstić information content (AvgIpc) is 2.77. The lowest BCUT2D eigenvalue weighted by atomic mass is 9.89. The average molecular weight is 395 g/mol. The molecule has 0 spiro atoms. The summed E-state index contributed by atoms with van der Waals surface area (Å²) >= 11 is 0. The van der Waals surface area contributed by atoms with Crippen LogP contribution in [0.4, 0.5) is 10.5 Å². The molecule has 154 valence electrons. The van der Waals surface area contributed by atoms with Crippen molar-refractivity contribution in [2.24, 2.45) is 0 Å². The van der Waals surface area contributed by atoms with Gasteiger partial charge in [-0.1, -0.05) is 24.3 Å². The van der Waals surface area contributed by atoms with Crippen LogP contribution in [0, 0.1) is 0 Å². The van der Waals surface area contributed by atoms with Gasteiger partial charge in [-0.2, -0.15) is 0 Å². The van der Waals surface area contributed by atoms with Gasteiger partial charge in [0.1, 0.15) is 0 Å². The molecule has 6 heteroatoms. The maximum atomic E-state index is 12.7. The van der Waals surface area contributed by atoms with Gasteiger partial charge in [-0.05, 0) is 48.2 Å². The summed E-state index contributed by atoms with van der Waals surface area (Å²) in [6.45, 7) is 1.95. The highest BCUT2D eigenvalue weighted by Crippen LogP contribution is 2.27. The molecule has 29 heavy (non-hydrogen) atoms. The van der Waals surface area contributed by atoms with E-state index in [-0.39, 0.29) is 17.9 Å². The number of hydrogen-bond acceptors (Lipinski definition) is 3. The van der Waals surface area contributed by atoms with Crippen LogP contribution in [-0.4, -0.2) is 51.1 Å². The Morgan fingerprint density at radius 2 is 1.90 bits per heavy atom. The summed E-state index contributed by atoms with van der Waals surface area (Å²) in [6, 6.07) is 15.9. The molecule has 2 aromatic rings. The molecule has 3 amide bonds. The Labute approximate surface area is 172 Å². The number of rotatable bonds is 5. The number of carbonyl (C=O) groups is 2. The molecule has 6 nitrogen and oxygen atoms in total. The van der Waals surface area contributed by atoms with Crippen LogP contribution in [-0.2, 0) is 6.54 Å². The van der Waals surface area contributed by atoms with Crippen LogP contribution in [0.25, 0.3) is 0 Å². The standard InChI is InChI=1S/C23H30N4O2/c1-24-23(29)27-13-5-8-20(16-27)18-6-4-7-19(14-18)22(28)25-15-17-9-11-21(12-10-17)26(2)3/h4,6-7,9-12,14,20H,5,8,13,15-16H2,1-3H3,(H,24,29)(H,25,28). The van der Waals surface area contributed by atoms with Crippen molar-refractivity contribution in [3.8, 4) is 0 Å². The molecule has 0 aliphatic carbocycles. The summed E-state index contributed by atoms with van der Waals surface area (Å²) in [5.41, 5.74) is 3.96. The molecule has 1 atom stereocenters. The summed E-state index contributed by atoms with van der Waals surface area (Å²) in [4.78, 5) is 28.5. The summed E-state index contributed by atoms with van der Waals surface area (Å²) in [5, 5.41) is 5.70. The van der Waals surface area contributed by atoms with Crippen LogP contribution in [0.2, 0.25) is 0 Å². The number of hydrogen-bond donors (Lipinski definition) is 2. The predicted molar refractivity (Wildman–Crippen MR) is 116 cm³/mol. The van der Waals surface area contributed by atoms with Crippen molar-refractivity contribution >= 4 is 17.6 Å². The molecule has 1 unspecified atom stereocenters. The smallest absolute Gasteiger partial charge is 0.317 e. The van der Waals surface area contributed by atoms with Gasteiger partial charge in [-0.25, -0.2) is 4.79 Å². The van der Waals surface area contributed by atoms with Gasteiger partial charge in [0.25, 0.3) is 5.91 Å². The minimum absolute atomic E-state index is 0.0381. The third-order valence-electron chi connectivity index (χ3n) is 5.45. The Kier molecular flexibility index (Phi) is 6.75. The van der Waals surface area contributed by atoms with Crippen LogP contribution in [0.5, 0.6) is 0 Å². The van der Waals surface area contributed by atoms with Gasteiger partial charge in [0, 0.05) is 57.9 Å². The first-order valence-electron chi connectivity index (χ1n) is 10.1. The minimum atomic E-state index is -0.0810. The van der Waals surface area contributed by atoms with Gasteiger partial charge < -0.3 is 20.4 Å². The molecule has 1 aliphatic rings. The molecule has 0 aromatic heterocycles. The van der Waals surface area contributed by atoms with Crippen LogP contribution in [0.3, 0.4) is 0 Å². The quantitative estimate of drug-likeness (QED) is 0.819. The number of nitrogens with zero attached hydrogens (tertiary/aromatic N) is 2. The lowest BCUT2D eigenvalue weighted by Gasteiger charge is -2.32. The van der Waals surface area contributed by atoms with Gasteiger partial charge in [0.2, 0.25) is 0 Å². The van der Waals surface area contributed by atoms with Crippen LogP contribution < -0.4 is 15.5 Å². The molecule has 2 N–H and O–H groups in total. The van der Waals surface area contributed by atoms with E-state index in [9.17, 15) is 9.59 Å². The molecule has 1 saturated heterocycles. The summed E-state index contributed by atoms with van der Waals surface area (Å²) in [6.07, 6.45) is 1.99. The fraction of sp³-hybridized carbons (Fsp3) is 0.391.